The van der Waals surface area contributed by atoms with E-state index in [1.807, 2.05) is 24.2 Å². The van der Waals surface area contributed by atoms with E-state index in [9.17, 15) is 0 Å². The quantitative estimate of drug-likeness (QED) is 0.769. The molecule has 0 bridgehead atoms. The predicted molar refractivity (Wildman–Crippen MR) is 70.7 cm³/mol. The molecule has 0 spiro atoms. The van der Waals surface area contributed by atoms with E-state index in [0.717, 1.165) is 23.9 Å². The first-order valence-corrected chi connectivity index (χ1v) is 6.63. The molecule has 1 N–H and O–H groups in total. The topological polar surface area (TPSA) is 28.2 Å². The highest BCUT2D eigenvalue weighted by Gasteiger charge is 2.21. The molecule has 2 rings (SSSR count). The second-order valence-electron chi connectivity index (χ2n) is 4.51. The summed E-state index contributed by atoms with van der Waals surface area (Å²) in [5.74, 6) is 0. The first kappa shape index (κ1) is 11.7. The van der Waals surface area contributed by atoms with Gasteiger partial charge in [0.1, 0.15) is 0 Å². The van der Waals surface area contributed by atoms with Gasteiger partial charge in [-0.05, 0) is 51.0 Å². The van der Waals surface area contributed by atoms with Crippen LogP contribution in [0.4, 0.5) is 5.69 Å². The van der Waals surface area contributed by atoms with Crippen LogP contribution in [0.15, 0.2) is 18.3 Å². The van der Waals surface area contributed by atoms with E-state index in [4.69, 9.17) is 0 Å². The Balaban J connectivity index is 1.84. The highest BCUT2D eigenvalue weighted by atomic mass is 32.2. The summed E-state index contributed by atoms with van der Waals surface area (Å²) in [7, 11) is 4.18. The van der Waals surface area contributed by atoms with Crippen LogP contribution in [0.3, 0.4) is 0 Å². The van der Waals surface area contributed by atoms with Crippen LogP contribution in [0.1, 0.15) is 18.5 Å². The molecule has 1 heterocycles. The highest BCUT2D eigenvalue weighted by Crippen LogP contribution is 2.34. The van der Waals surface area contributed by atoms with Crippen molar-refractivity contribution in [2.45, 2.75) is 24.5 Å². The summed E-state index contributed by atoms with van der Waals surface area (Å²) in [6, 6.07) is 4.19. The molecule has 0 radical (unpaired) electrons. The van der Waals surface area contributed by atoms with Crippen molar-refractivity contribution in [3.63, 3.8) is 0 Å². The minimum absolute atomic E-state index is 0.832. The van der Waals surface area contributed by atoms with E-state index >= 15 is 0 Å². The third kappa shape index (κ3) is 4.02. The maximum absolute atomic E-state index is 4.38. The normalized spacial score (nSPS) is 15.4. The fourth-order valence-corrected chi connectivity index (χ4v) is 2.16. The zero-order chi connectivity index (χ0) is 11.4. The van der Waals surface area contributed by atoms with Gasteiger partial charge in [0, 0.05) is 35.8 Å². The van der Waals surface area contributed by atoms with E-state index in [1.165, 1.54) is 18.5 Å². The van der Waals surface area contributed by atoms with Gasteiger partial charge in [0.05, 0.1) is 0 Å². The predicted octanol–water partition coefficient (Wildman–Crippen LogP) is 2.41. The Morgan fingerprint density at radius 2 is 2.31 bits per heavy atom. The summed E-state index contributed by atoms with van der Waals surface area (Å²) in [5, 5.41) is 0.832. The van der Waals surface area contributed by atoms with Gasteiger partial charge in [-0.3, -0.25) is 4.98 Å². The number of nitrogens with zero attached hydrogens (tertiary/aromatic N) is 2. The number of pyridine rings is 1. The van der Waals surface area contributed by atoms with Crippen LogP contribution in [-0.4, -0.2) is 35.8 Å². The number of hydrogen-bond acceptors (Lipinski definition) is 4. The zero-order valence-corrected chi connectivity index (χ0v) is 10.8. The lowest BCUT2D eigenvalue weighted by Gasteiger charge is -2.10. The second-order valence-corrected chi connectivity index (χ2v) is 5.61. The molecule has 88 valence electrons. The van der Waals surface area contributed by atoms with Gasteiger partial charge in [-0.1, -0.05) is 0 Å². The van der Waals surface area contributed by atoms with Gasteiger partial charge in [-0.2, -0.15) is 0 Å². The van der Waals surface area contributed by atoms with Crippen LogP contribution in [-0.2, 0) is 6.42 Å². The Kier molecular flexibility index (Phi) is 4.07. The number of anilines is 1. The number of rotatable bonds is 6. The van der Waals surface area contributed by atoms with Crippen LogP contribution in [0.2, 0.25) is 0 Å². The molecule has 1 fully saturated rings. The van der Waals surface area contributed by atoms with Gasteiger partial charge < -0.3 is 9.62 Å². The van der Waals surface area contributed by atoms with Gasteiger partial charge >= 0.3 is 0 Å². The largest absolute Gasteiger partial charge is 0.329 e. The smallest absolute Gasteiger partial charge is 0.0473 e. The van der Waals surface area contributed by atoms with Crippen molar-refractivity contribution in [2.75, 3.05) is 25.4 Å². The van der Waals surface area contributed by atoms with Crippen molar-refractivity contribution < 1.29 is 0 Å². The molecule has 0 aliphatic heterocycles. The van der Waals surface area contributed by atoms with Crippen molar-refractivity contribution in [3.05, 3.63) is 24.0 Å². The van der Waals surface area contributed by atoms with Crippen molar-refractivity contribution >= 4 is 17.6 Å². The van der Waals surface area contributed by atoms with Gasteiger partial charge in [-0.15, -0.1) is 0 Å². The summed E-state index contributed by atoms with van der Waals surface area (Å²) < 4.78 is 3.40. The third-order valence-corrected chi connectivity index (χ3v) is 3.66. The zero-order valence-electron chi connectivity index (χ0n) is 9.94. The highest BCUT2D eigenvalue weighted by molar-refractivity contribution is 8.01. The lowest BCUT2D eigenvalue weighted by Crippen LogP contribution is -2.15. The van der Waals surface area contributed by atoms with Crippen molar-refractivity contribution in [3.8, 4) is 0 Å². The fraction of sp³-hybridized carbons (Fsp3) is 0.583. The van der Waals surface area contributed by atoms with Gasteiger partial charge in [0.15, 0.2) is 0 Å². The van der Waals surface area contributed by atoms with E-state index < -0.39 is 0 Å². The van der Waals surface area contributed by atoms with Crippen LogP contribution in [0.5, 0.6) is 0 Å². The molecule has 4 heteroatoms. The molecule has 1 saturated carbocycles. The minimum Gasteiger partial charge on any atom is -0.329 e. The third-order valence-electron chi connectivity index (χ3n) is 2.50. The molecule has 0 amide bonds. The molecule has 16 heavy (non-hydrogen) atoms. The van der Waals surface area contributed by atoms with Crippen LogP contribution in [0.25, 0.3) is 0 Å². The van der Waals surface area contributed by atoms with Gasteiger partial charge in [-0.25, -0.2) is 0 Å². The Morgan fingerprint density at radius 1 is 1.50 bits per heavy atom. The average molecular weight is 237 g/mol. The minimum atomic E-state index is 0.832. The number of likely N-dealkylation sites (N-methyl/N-ethyl adjacent to an activating group) is 1. The number of nitrogens with one attached hydrogen (secondary N) is 1. The molecule has 0 saturated heterocycles. The molecule has 0 atom stereocenters. The molecule has 1 aromatic rings. The second kappa shape index (κ2) is 5.55. The fourth-order valence-electron chi connectivity index (χ4n) is 1.35. The molecule has 0 aromatic carbocycles. The Morgan fingerprint density at radius 3 is 3.00 bits per heavy atom. The van der Waals surface area contributed by atoms with Gasteiger partial charge in [0.2, 0.25) is 0 Å². The lowest BCUT2D eigenvalue weighted by atomic mass is 10.2. The molecule has 0 unspecified atom stereocenters. The Bertz CT molecular complexity index is 316. The monoisotopic (exact) mass is 237 g/mol. The van der Waals surface area contributed by atoms with E-state index in [0.29, 0.717) is 0 Å². The number of hydrogen-bond donors (Lipinski definition) is 1. The van der Waals surface area contributed by atoms with Crippen LogP contribution < -0.4 is 4.72 Å². The Labute approximate surface area is 102 Å². The van der Waals surface area contributed by atoms with Gasteiger partial charge in [0.25, 0.3) is 0 Å². The standard InChI is InChI=1S/C12H19N3S/c1-15(2)8-6-10-9-11(5-7-13-10)14-16-12-3-4-12/h5,7,9,12H,3-4,6,8H2,1-2H3,(H,13,14). The maximum Gasteiger partial charge on any atom is 0.0473 e. The SMILES string of the molecule is CN(C)CCc1cc(NSC2CC2)ccn1. The van der Waals surface area contributed by atoms with Crippen LogP contribution >= 0.6 is 11.9 Å². The van der Waals surface area contributed by atoms with E-state index in [1.54, 1.807) is 0 Å². The Hall–Kier alpha value is -0.740. The first-order valence-electron chi connectivity index (χ1n) is 5.75. The van der Waals surface area contributed by atoms with Crippen molar-refractivity contribution in [2.24, 2.45) is 0 Å². The van der Waals surface area contributed by atoms with E-state index in [-0.39, 0.29) is 0 Å². The van der Waals surface area contributed by atoms with Crippen molar-refractivity contribution in [1.29, 1.82) is 0 Å². The summed E-state index contributed by atoms with van der Waals surface area (Å²) in [6.07, 6.45) is 5.61. The molecule has 3 nitrogen and oxygen atoms in total. The molecule has 1 aliphatic rings. The van der Waals surface area contributed by atoms with E-state index in [2.05, 4.69) is 34.8 Å². The summed E-state index contributed by atoms with van der Waals surface area (Å²) in [4.78, 5) is 6.56. The molecule has 1 aliphatic carbocycles. The molecular weight excluding hydrogens is 218 g/mol. The summed E-state index contributed by atoms with van der Waals surface area (Å²) in [5.41, 5.74) is 2.34. The lowest BCUT2D eigenvalue weighted by molar-refractivity contribution is 0.412. The maximum atomic E-state index is 4.38. The van der Waals surface area contributed by atoms with Crippen molar-refractivity contribution in [1.82, 2.24) is 9.88 Å². The van der Waals surface area contributed by atoms with Crippen LogP contribution in [0, 0.1) is 0 Å². The molecular formula is C12H19N3S. The first-order chi connectivity index (χ1) is 7.74. The summed E-state index contributed by atoms with van der Waals surface area (Å²) >= 11 is 1.84. The molecule has 1 aromatic heterocycles. The summed E-state index contributed by atoms with van der Waals surface area (Å²) in [6.45, 7) is 1.05. The average Bonchev–Trinajstić information content (AvgIpc) is 3.08. The number of aromatic nitrogens is 1.